The van der Waals surface area contributed by atoms with Crippen molar-refractivity contribution in [2.24, 2.45) is 0 Å². The molecule has 1 amide bonds. The Morgan fingerprint density at radius 1 is 1.17 bits per heavy atom. The van der Waals surface area contributed by atoms with Crippen LogP contribution in [0.4, 0.5) is 5.13 Å². The molecule has 1 aliphatic heterocycles. The highest BCUT2D eigenvalue weighted by Crippen LogP contribution is 2.31. The zero-order valence-electron chi connectivity index (χ0n) is 16.3. The molecular weight excluding hydrogens is 490 g/mol. The summed E-state index contributed by atoms with van der Waals surface area (Å²) < 4.78 is 34.7. The van der Waals surface area contributed by atoms with E-state index in [2.05, 4.69) is 26.2 Å². The van der Waals surface area contributed by atoms with Gasteiger partial charge in [0.05, 0.1) is 27.3 Å². The first-order chi connectivity index (χ1) is 14.2. The molecular formula is C20H20BrN3O4S2. The molecule has 0 saturated carbocycles. The summed E-state index contributed by atoms with van der Waals surface area (Å²) >= 11 is 4.82. The number of anilines is 1. The van der Waals surface area contributed by atoms with Crippen molar-refractivity contribution >= 4 is 58.5 Å². The fraction of sp³-hybridized carbons (Fsp3) is 0.300. The van der Waals surface area contributed by atoms with Crippen LogP contribution >= 0.6 is 27.3 Å². The van der Waals surface area contributed by atoms with E-state index < -0.39 is 10.0 Å². The molecule has 1 saturated heterocycles. The van der Waals surface area contributed by atoms with E-state index in [4.69, 9.17) is 4.74 Å². The molecule has 4 rings (SSSR count). The van der Waals surface area contributed by atoms with Gasteiger partial charge in [0.1, 0.15) is 0 Å². The van der Waals surface area contributed by atoms with Gasteiger partial charge in [0.25, 0.3) is 5.91 Å². The number of ether oxygens (including phenoxy) is 1. The second kappa shape index (κ2) is 8.35. The van der Waals surface area contributed by atoms with Gasteiger partial charge >= 0.3 is 0 Å². The van der Waals surface area contributed by atoms with Crippen LogP contribution in [0.3, 0.4) is 0 Å². The number of hydrogen-bond donors (Lipinski definition) is 1. The first kappa shape index (κ1) is 21.4. The second-order valence-corrected chi connectivity index (χ2v) is 11.0. The van der Waals surface area contributed by atoms with Crippen LogP contribution in [0.25, 0.3) is 10.2 Å². The van der Waals surface area contributed by atoms with Gasteiger partial charge in [0.2, 0.25) is 10.0 Å². The summed E-state index contributed by atoms with van der Waals surface area (Å²) in [5.41, 5.74) is 1.14. The largest absolute Gasteiger partial charge is 0.373 e. The van der Waals surface area contributed by atoms with Gasteiger partial charge in [-0.05, 0) is 66.2 Å². The minimum absolute atomic E-state index is 0.157. The predicted octanol–water partition coefficient (Wildman–Crippen LogP) is 4.11. The lowest BCUT2D eigenvalue weighted by Crippen LogP contribution is -2.48. The normalized spacial score (nSPS) is 20.4. The van der Waals surface area contributed by atoms with E-state index in [1.54, 1.807) is 0 Å². The number of nitrogens with one attached hydrogen (secondary N) is 1. The summed E-state index contributed by atoms with van der Waals surface area (Å²) in [6.45, 7) is 4.32. The van der Waals surface area contributed by atoms with Crippen LogP contribution < -0.4 is 5.32 Å². The van der Waals surface area contributed by atoms with Crippen LogP contribution in [0.15, 0.2) is 51.8 Å². The van der Waals surface area contributed by atoms with Crippen LogP contribution in [0.2, 0.25) is 0 Å². The van der Waals surface area contributed by atoms with Crippen LogP contribution in [0, 0.1) is 0 Å². The third-order valence-corrected chi connectivity index (χ3v) is 8.15. The number of benzene rings is 2. The van der Waals surface area contributed by atoms with Crippen LogP contribution in [0.1, 0.15) is 24.2 Å². The van der Waals surface area contributed by atoms with Gasteiger partial charge in [0.15, 0.2) is 5.13 Å². The Labute approximate surface area is 187 Å². The number of sulfonamides is 1. The number of aromatic nitrogens is 1. The lowest BCUT2D eigenvalue weighted by molar-refractivity contribution is -0.0440. The van der Waals surface area contributed by atoms with E-state index in [9.17, 15) is 13.2 Å². The molecule has 2 unspecified atom stereocenters. The van der Waals surface area contributed by atoms with Gasteiger partial charge < -0.3 is 4.74 Å². The van der Waals surface area contributed by atoms with E-state index in [1.165, 1.54) is 39.9 Å². The maximum Gasteiger partial charge on any atom is 0.257 e. The number of nitrogens with zero attached hydrogens (tertiary/aromatic N) is 2. The standard InChI is InChI=1S/C20H20BrN3O4S2/c1-12-10-24(11-13(2)28-12)30(26,27)15-8-6-14(7-9-15)19(25)23-20-22-18-16(21)4-3-5-17(18)29-20/h3-9,12-13H,10-11H2,1-2H3,(H,22,23,25). The molecule has 10 heteroatoms. The van der Waals surface area contributed by atoms with E-state index in [1.807, 2.05) is 32.0 Å². The third kappa shape index (κ3) is 4.28. The zero-order chi connectivity index (χ0) is 21.5. The van der Waals surface area contributed by atoms with E-state index in [0.29, 0.717) is 23.8 Å². The van der Waals surface area contributed by atoms with E-state index in [0.717, 1.165) is 14.7 Å². The molecule has 7 nitrogen and oxygen atoms in total. The maximum absolute atomic E-state index is 12.9. The lowest BCUT2D eigenvalue weighted by atomic mass is 10.2. The van der Waals surface area contributed by atoms with Gasteiger partial charge in [-0.2, -0.15) is 4.31 Å². The fourth-order valence-electron chi connectivity index (χ4n) is 3.39. The molecule has 3 aromatic rings. The lowest BCUT2D eigenvalue weighted by Gasteiger charge is -2.34. The fourth-order valence-corrected chi connectivity index (χ4v) is 6.46. The number of morpholine rings is 1. The van der Waals surface area contributed by atoms with Crippen molar-refractivity contribution in [2.45, 2.75) is 31.0 Å². The Balaban J connectivity index is 1.51. The van der Waals surface area contributed by atoms with E-state index in [-0.39, 0.29) is 23.0 Å². The molecule has 30 heavy (non-hydrogen) atoms. The number of para-hydroxylation sites is 1. The number of carbonyl (C=O) groups excluding carboxylic acids is 1. The van der Waals surface area contributed by atoms with Crippen LogP contribution in [0.5, 0.6) is 0 Å². The van der Waals surface area contributed by atoms with Crippen molar-refractivity contribution in [1.82, 2.24) is 9.29 Å². The third-order valence-electron chi connectivity index (χ3n) is 4.73. The van der Waals surface area contributed by atoms with Gasteiger partial charge in [-0.15, -0.1) is 0 Å². The van der Waals surface area contributed by atoms with Crippen LogP contribution in [-0.4, -0.2) is 48.9 Å². The molecule has 2 atom stereocenters. The van der Waals surface area contributed by atoms with Crippen molar-refractivity contribution in [1.29, 1.82) is 0 Å². The molecule has 2 heterocycles. The highest BCUT2D eigenvalue weighted by atomic mass is 79.9. The van der Waals surface area contributed by atoms with Crippen molar-refractivity contribution in [3.8, 4) is 0 Å². The van der Waals surface area contributed by atoms with Crippen molar-refractivity contribution in [3.63, 3.8) is 0 Å². The topological polar surface area (TPSA) is 88.6 Å². The number of halogens is 1. The Hall–Kier alpha value is -1.85. The molecule has 0 aliphatic carbocycles. The number of thiazole rings is 1. The van der Waals surface area contributed by atoms with Crippen LogP contribution in [-0.2, 0) is 14.8 Å². The molecule has 0 spiro atoms. The van der Waals surface area contributed by atoms with Crippen molar-refractivity contribution in [3.05, 3.63) is 52.5 Å². The molecule has 1 aliphatic rings. The van der Waals surface area contributed by atoms with Gasteiger partial charge in [-0.3, -0.25) is 10.1 Å². The number of amides is 1. The first-order valence-electron chi connectivity index (χ1n) is 9.36. The first-order valence-corrected chi connectivity index (χ1v) is 12.4. The number of hydrogen-bond acceptors (Lipinski definition) is 6. The minimum atomic E-state index is -3.65. The summed E-state index contributed by atoms with van der Waals surface area (Å²) in [4.78, 5) is 17.2. The predicted molar refractivity (Wildman–Crippen MR) is 120 cm³/mol. The van der Waals surface area contributed by atoms with Gasteiger partial charge in [0, 0.05) is 23.1 Å². The summed E-state index contributed by atoms with van der Waals surface area (Å²) in [5.74, 6) is -0.345. The Bertz CT molecular complexity index is 1180. The number of rotatable bonds is 4. The molecule has 2 aromatic carbocycles. The molecule has 158 valence electrons. The van der Waals surface area contributed by atoms with Crippen molar-refractivity contribution in [2.75, 3.05) is 18.4 Å². The Kier molecular flexibility index (Phi) is 5.95. The number of carbonyl (C=O) groups is 1. The molecule has 1 aromatic heterocycles. The maximum atomic E-state index is 12.9. The smallest absolute Gasteiger partial charge is 0.257 e. The zero-order valence-corrected chi connectivity index (χ0v) is 19.6. The van der Waals surface area contributed by atoms with Gasteiger partial charge in [-0.25, -0.2) is 13.4 Å². The average molecular weight is 510 g/mol. The Morgan fingerprint density at radius 3 is 2.47 bits per heavy atom. The highest BCUT2D eigenvalue weighted by molar-refractivity contribution is 9.10. The summed E-state index contributed by atoms with van der Waals surface area (Å²) in [7, 11) is -3.65. The summed E-state index contributed by atoms with van der Waals surface area (Å²) in [5, 5.41) is 3.26. The molecule has 1 fully saturated rings. The summed E-state index contributed by atoms with van der Waals surface area (Å²) in [6.07, 6.45) is -0.329. The van der Waals surface area contributed by atoms with Gasteiger partial charge in [-0.1, -0.05) is 17.4 Å². The Morgan fingerprint density at radius 2 is 1.83 bits per heavy atom. The minimum Gasteiger partial charge on any atom is -0.373 e. The quantitative estimate of drug-likeness (QED) is 0.571. The SMILES string of the molecule is CC1CN(S(=O)(=O)c2ccc(C(=O)Nc3nc4c(Br)cccc4s3)cc2)CC(C)O1. The second-order valence-electron chi connectivity index (χ2n) is 7.16. The highest BCUT2D eigenvalue weighted by Gasteiger charge is 2.32. The molecule has 0 radical (unpaired) electrons. The number of fused-ring (bicyclic) bond motifs is 1. The monoisotopic (exact) mass is 509 g/mol. The molecule has 1 N–H and O–H groups in total. The summed E-state index contributed by atoms with van der Waals surface area (Å²) in [6, 6.07) is 11.7. The van der Waals surface area contributed by atoms with E-state index >= 15 is 0 Å². The average Bonchev–Trinajstić information content (AvgIpc) is 3.11. The van der Waals surface area contributed by atoms with Crippen molar-refractivity contribution < 1.29 is 17.9 Å². The molecule has 0 bridgehead atoms.